The fourth-order valence-corrected chi connectivity index (χ4v) is 2.48. The van der Waals surface area contributed by atoms with Gasteiger partial charge in [0, 0.05) is 6.54 Å². The summed E-state index contributed by atoms with van der Waals surface area (Å²) >= 11 is 1.61. The number of benzene rings is 1. The van der Waals surface area contributed by atoms with Crippen LogP contribution in [0.15, 0.2) is 35.2 Å². The Morgan fingerprint density at radius 1 is 1.31 bits per heavy atom. The number of amides is 1. The first-order chi connectivity index (χ1) is 7.81. The number of fused-ring (bicyclic) bond motifs is 1. The minimum Gasteiger partial charge on any atom is -0.348 e. The highest BCUT2D eigenvalue weighted by molar-refractivity contribution is 8.03. The molecule has 2 rings (SSSR count). The number of rotatable bonds is 2. The second-order valence-electron chi connectivity index (χ2n) is 3.66. The average Bonchev–Trinajstić information content (AvgIpc) is 2.30. The molecule has 0 unspecified atom stereocenters. The number of hydrogen-bond donors (Lipinski definition) is 1. The molecule has 1 N–H and O–H groups in total. The van der Waals surface area contributed by atoms with Gasteiger partial charge in [-0.25, -0.2) is 0 Å². The molecule has 0 aromatic heterocycles. The molecule has 0 saturated carbocycles. The van der Waals surface area contributed by atoms with Gasteiger partial charge in [-0.05, 0) is 23.3 Å². The van der Waals surface area contributed by atoms with E-state index in [9.17, 15) is 4.79 Å². The minimum absolute atomic E-state index is 0.0568. The summed E-state index contributed by atoms with van der Waals surface area (Å²) < 4.78 is 0. The molecular weight excluding hydrogens is 218 g/mol. The van der Waals surface area contributed by atoms with Crippen molar-refractivity contribution in [2.75, 3.05) is 5.75 Å². The lowest BCUT2D eigenvalue weighted by Crippen LogP contribution is -2.25. The Morgan fingerprint density at radius 2 is 2.06 bits per heavy atom. The number of carbonyl (C=O) groups excluding carboxylic acids is 1. The van der Waals surface area contributed by atoms with Crippen molar-refractivity contribution in [3.05, 3.63) is 46.4 Å². The maximum atomic E-state index is 11.8. The van der Waals surface area contributed by atoms with Crippen LogP contribution in [-0.4, -0.2) is 11.7 Å². The Labute approximate surface area is 100 Å². The van der Waals surface area contributed by atoms with Crippen LogP contribution >= 0.6 is 11.8 Å². The van der Waals surface area contributed by atoms with Gasteiger partial charge < -0.3 is 5.32 Å². The predicted molar refractivity (Wildman–Crippen MR) is 68.2 cm³/mol. The molecule has 3 heteroatoms. The Kier molecular flexibility index (Phi) is 3.67. The van der Waals surface area contributed by atoms with Crippen molar-refractivity contribution in [1.82, 2.24) is 5.32 Å². The van der Waals surface area contributed by atoms with Gasteiger partial charge in [0.25, 0.3) is 5.91 Å². The Morgan fingerprint density at radius 3 is 2.81 bits per heavy atom. The molecule has 0 saturated heterocycles. The van der Waals surface area contributed by atoms with Gasteiger partial charge in [0.05, 0.1) is 4.91 Å². The van der Waals surface area contributed by atoms with E-state index in [0.29, 0.717) is 6.54 Å². The summed E-state index contributed by atoms with van der Waals surface area (Å²) in [6, 6.07) is 8.25. The van der Waals surface area contributed by atoms with E-state index in [4.69, 9.17) is 0 Å². The lowest BCUT2D eigenvalue weighted by Gasteiger charge is -2.14. The van der Waals surface area contributed by atoms with E-state index in [2.05, 4.69) is 24.4 Å². The van der Waals surface area contributed by atoms with E-state index in [1.807, 2.05) is 18.2 Å². The summed E-state index contributed by atoms with van der Waals surface area (Å²) in [5, 5.41) is 2.95. The highest BCUT2D eigenvalue weighted by Crippen LogP contribution is 2.20. The van der Waals surface area contributed by atoms with Crippen molar-refractivity contribution < 1.29 is 4.79 Å². The molecule has 16 heavy (non-hydrogen) atoms. The van der Waals surface area contributed by atoms with Crippen LogP contribution < -0.4 is 5.32 Å². The second-order valence-corrected chi connectivity index (χ2v) is 4.96. The Balaban J connectivity index is 2.26. The fraction of sp³-hybridized carbons (Fsp3) is 0.308. The summed E-state index contributed by atoms with van der Waals surface area (Å²) in [6.45, 7) is 2.70. The first kappa shape index (κ1) is 11.3. The first-order valence-electron chi connectivity index (χ1n) is 5.49. The molecule has 1 aromatic rings. The number of carbonyl (C=O) groups is 1. The van der Waals surface area contributed by atoms with Crippen LogP contribution in [0.4, 0.5) is 0 Å². The zero-order valence-corrected chi connectivity index (χ0v) is 10.1. The van der Waals surface area contributed by atoms with E-state index >= 15 is 0 Å². The van der Waals surface area contributed by atoms with Gasteiger partial charge in [-0.1, -0.05) is 37.3 Å². The van der Waals surface area contributed by atoms with Crippen molar-refractivity contribution in [2.24, 2.45) is 0 Å². The number of hydrogen-bond acceptors (Lipinski definition) is 2. The largest absolute Gasteiger partial charge is 0.348 e. The smallest absolute Gasteiger partial charge is 0.257 e. The summed E-state index contributed by atoms with van der Waals surface area (Å²) in [6.07, 6.45) is 2.88. The monoisotopic (exact) mass is 233 g/mol. The topological polar surface area (TPSA) is 29.1 Å². The van der Waals surface area contributed by atoms with E-state index in [0.717, 1.165) is 17.1 Å². The lowest BCUT2D eigenvalue weighted by molar-refractivity contribution is -0.117. The van der Waals surface area contributed by atoms with E-state index in [-0.39, 0.29) is 5.91 Å². The SMILES string of the molecule is CCS/C1=C/Cc2ccccc2CNC1=O. The van der Waals surface area contributed by atoms with E-state index in [1.165, 1.54) is 11.1 Å². The van der Waals surface area contributed by atoms with Crippen LogP contribution in [0.1, 0.15) is 18.1 Å². The van der Waals surface area contributed by atoms with Gasteiger partial charge >= 0.3 is 0 Å². The van der Waals surface area contributed by atoms with Gasteiger partial charge in [-0.2, -0.15) is 0 Å². The number of nitrogens with one attached hydrogen (secondary N) is 1. The molecule has 0 bridgehead atoms. The minimum atomic E-state index is 0.0568. The lowest BCUT2D eigenvalue weighted by atomic mass is 10.0. The predicted octanol–water partition coefficient (Wildman–Crippen LogP) is 2.50. The van der Waals surface area contributed by atoms with Crippen molar-refractivity contribution >= 4 is 17.7 Å². The van der Waals surface area contributed by atoms with E-state index < -0.39 is 0 Å². The van der Waals surface area contributed by atoms with Crippen LogP contribution in [0.25, 0.3) is 0 Å². The Bertz CT molecular complexity index is 426. The molecule has 2 nitrogen and oxygen atoms in total. The first-order valence-corrected chi connectivity index (χ1v) is 6.47. The summed E-state index contributed by atoms with van der Waals surface area (Å²) in [7, 11) is 0. The van der Waals surface area contributed by atoms with Gasteiger partial charge in [0.15, 0.2) is 0 Å². The molecule has 0 spiro atoms. The molecule has 84 valence electrons. The highest BCUT2D eigenvalue weighted by Gasteiger charge is 2.13. The van der Waals surface area contributed by atoms with Crippen molar-refractivity contribution in [3.63, 3.8) is 0 Å². The molecule has 1 amide bonds. The van der Waals surface area contributed by atoms with Crippen LogP contribution in [0.3, 0.4) is 0 Å². The molecule has 1 aliphatic rings. The second kappa shape index (κ2) is 5.21. The van der Waals surface area contributed by atoms with Crippen LogP contribution in [-0.2, 0) is 17.8 Å². The maximum absolute atomic E-state index is 11.8. The van der Waals surface area contributed by atoms with Gasteiger partial charge in [0.2, 0.25) is 0 Å². The quantitative estimate of drug-likeness (QED) is 0.850. The summed E-state index contributed by atoms with van der Waals surface area (Å²) in [4.78, 5) is 12.6. The Hall–Kier alpha value is -1.22. The highest BCUT2D eigenvalue weighted by atomic mass is 32.2. The third kappa shape index (κ3) is 2.47. The van der Waals surface area contributed by atoms with Crippen LogP contribution in [0.2, 0.25) is 0 Å². The van der Waals surface area contributed by atoms with Crippen molar-refractivity contribution in [3.8, 4) is 0 Å². The molecule has 0 fully saturated rings. The standard InChI is InChI=1S/C13H15NOS/c1-2-16-12-8-7-10-5-3-4-6-11(10)9-14-13(12)15/h3-6,8H,2,7,9H2,1H3,(H,14,15)/b12-8+. The third-order valence-electron chi connectivity index (χ3n) is 2.59. The third-order valence-corrected chi connectivity index (χ3v) is 3.54. The van der Waals surface area contributed by atoms with Gasteiger partial charge in [-0.15, -0.1) is 11.8 Å². The molecule has 0 aliphatic carbocycles. The maximum Gasteiger partial charge on any atom is 0.257 e. The fourth-order valence-electron chi connectivity index (χ4n) is 1.77. The van der Waals surface area contributed by atoms with Crippen molar-refractivity contribution in [1.29, 1.82) is 0 Å². The van der Waals surface area contributed by atoms with E-state index in [1.54, 1.807) is 11.8 Å². The average molecular weight is 233 g/mol. The molecule has 0 atom stereocenters. The molecule has 0 radical (unpaired) electrons. The summed E-state index contributed by atoms with van der Waals surface area (Å²) in [5.41, 5.74) is 2.52. The van der Waals surface area contributed by atoms with Gasteiger partial charge in [-0.3, -0.25) is 4.79 Å². The molecule has 1 aliphatic heterocycles. The zero-order chi connectivity index (χ0) is 11.4. The summed E-state index contributed by atoms with van der Waals surface area (Å²) in [5.74, 6) is 0.988. The zero-order valence-electron chi connectivity index (χ0n) is 9.32. The number of allylic oxidation sites excluding steroid dienone is 1. The molecule has 1 aromatic carbocycles. The normalized spacial score (nSPS) is 18.8. The molecule has 1 heterocycles. The number of thioether (sulfide) groups is 1. The van der Waals surface area contributed by atoms with Crippen LogP contribution in [0.5, 0.6) is 0 Å². The van der Waals surface area contributed by atoms with Crippen LogP contribution in [0, 0.1) is 0 Å². The van der Waals surface area contributed by atoms with Crippen molar-refractivity contribution in [2.45, 2.75) is 19.9 Å². The van der Waals surface area contributed by atoms with Gasteiger partial charge in [0.1, 0.15) is 0 Å². The molecular formula is C13H15NOS.